The molecule has 0 aromatic carbocycles. The van der Waals surface area contributed by atoms with E-state index in [9.17, 15) is 9.59 Å². The predicted molar refractivity (Wildman–Crippen MR) is 89.2 cm³/mol. The van der Waals surface area contributed by atoms with Gasteiger partial charge in [-0.2, -0.15) is 0 Å². The van der Waals surface area contributed by atoms with Crippen molar-refractivity contribution >= 4 is 17.4 Å². The molecule has 3 rings (SSSR count). The lowest BCUT2D eigenvalue weighted by atomic mass is 10.2. The van der Waals surface area contributed by atoms with Crippen molar-refractivity contribution in [2.75, 3.05) is 55.7 Å². The molecule has 1 atom stereocenters. The number of carbonyl (C=O) groups excluding carboxylic acids is 1. The van der Waals surface area contributed by atoms with Crippen molar-refractivity contribution in [2.24, 2.45) is 0 Å². The summed E-state index contributed by atoms with van der Waals surface area (Å²) in [4.78, 5) is 32.6. The maximum atomic E-state index is 12.1. The van der Waals surface area contributed by atoms with E-state index in [2.05, 4.69) is 21.7 Å². The number of piperazine rings is 1. The van der Waals surface area contributed by atoms with Gasteiger partial charge in [-0.1, -0.05) is 0 Å². The second kappa shape index (κ2) is 6.62. The molecule has 23 heavy (non-hydrogen) atoms. The highest BCUT2D eigenvalue weighted by atomic mass is 16.5. The number of nitrogens with one attached hydrogen (secondary N) is 1. The van der Waals surface area contributed by atoms with Crippen molar-refractivity contribution in [3.8, 4) is 0 Å². The van der Waals surface area contributed by atoms with Crippen molar-refractivity contribution in [1.29, 1.82) is 0 Å². The second-order valence-electron chi connectivity index (χ2n) is 6.20. The highest BCUT2D eigenvalue weighted by Crippen LogP contribution is 2.22. The molecule has 7 nitrogen and oxygen atoms in total. The number of rotatable bonds is 2. The Morgan fingerprint density at radius 2 is 1.96 bits per heavy atom. The van der Waals surface area contributed by atoms with E-state index in [-0.39, 0.29) is 17.5 Å². The number of anilines is 2. The Labute approximate surface area is 135 Å². The molecular formula is C16H24N4O3. The third kappa shape index (κ3) is 3.50. The molecule has 2 aliphatic heterocycles. The van der Waals surface area contributed by atoms with E-state index in [1.165, 1.54) is 0 Å². The quantitative estimate of drug-likeness (QED) is 0.847. The smallest absolute Gasteiger partial charge is 0.251 e. The van der Waals surface area contributed by atoms with Crippen LogP contribution in [-0.4, -0.2) is 67.8 Å². The van der Waals surface area contributed by atoms with Gasteiger partial charge < -0.3 is 24.4 Å². The van der Waals surface area contributed by atoms with E-state index in [1.54, 1.807) is 13.0 Å². The van der Waals surface area contributed by atoms with Crippen molar-refractivity contribution in [1.82, 2.24) is 9.88 Å². The van der Waals surface area contributed by atoms with Crippen molar-refractivity contribution in [3.63, 3.8) is 0 Å². The summed E-state index contributed by atoms with van der Waals surface area (Å²) < 4.78 is 5.47. The highest BCUT2D eigenvalue weighted by molar-refractivity contribution is 5.73. The summed E-state index contributed by atoms with van der Waals surface area (Å²) in [7, 11) is 0. The number of morpholine rings is 1. The minimum atomic E-state index is -0.0924. The van der Waals surface area contributed by atoms with E-state index >= 15 is 0 Å². The van der Waals surface area contributed by atoms with E-state index in [4.69, 9.17) is 4.74 Å². The first kappa shape index (κ1) is 15.9. The molecule has 126 valence electrons. The SMILES string of the molecule is CC(=O)N1CCN(c2cc(N3CCOC[C@H]3C)cc(=O)[nH]2)CC1. The van der Waals surface area contributed by atoms with Crippen molar-refractivity contribution in [2.45, 2.75) is 19.9 Å². The number of amides is 1. The zero-order valence-electron chi connectivity index (χ0n) is 13.7. The van der Waals surface area contributed by atoms with Gasteiger partial charge in [0.1, 0.15) is 5.82 Å². The number of H-pyrrole nitrogens is 1. The molecule has 7 heteroatoms. The largest absolute Gasteiger partial charge is 0.377 e. The first-order valence-electron chi connectivity index (χ1n) is 8.14. The molecule has 3 heterocycles. The van der Waals surface area contributed by atoms with E-state index in [1.807, 2.05) is 11.0 Å². The van der Waals surface area contributed by atoms with Crippen LogP contribution in [0.15, 0.2) is 16.9 Å². The van der Waals surface area contributed by atoms with Crippen LogP contribution in [0.4, 0.5) is 11.5 Å². The Morgan fingerprint density at radius 3 is 2.61 bits per heavy atom. The van der Waals surface area contributed by atoms with Crippen molar-refractivity contribution in [3.05, 3.63) is 22.5 Å². The molecular weight excluding hydrogens is 296 g/mol. The van der Waals surface area contributed by atoms with Crippen LogP contribution in [0.25, 0.3) is 0 Å². The number of ether oxygens (including phenoxy) is 1. The zero-order chi connectivity index (χ0) is 16.4. The summed E-state index contributed by atoms with van der Waals surface area (Å²) in [5.41, 5.74) is 0.846. The van der Waals surface area contributed by atoms with Gasteiger partial charge in [0, 0.05) is 63.5 Å². The molecule has 0 bridgehead atoms. The zero-order valence-corrected chi connectivity index (χ0v) is 13.7. The van der Waals surface area contributed by atoms with E-state index < -0.39 is 0 Å². The number of pyridine rings is 1. The van der Waals surface area contributed by atoms with Crippen LogP contribution in [0.2, 0.25) is 0 Å². The minimum absolute atomic E-state index is 0.0924. The third-order valence-corrected chi connectivity index (χ3v) is 4.58. The van der Waals surface area contributed by atoms with Gasteiger partial charge in [0.15, 0.2) is 0 Å². The monoisotopic (exact) mass is 320 g/mol. The van der Waals surface area contributed by atoms with E-state index in [0.717, 1.165) is 31.1 Å². The van der Waals surface area contributed by atoms with E-state index in [0.29, 0.717) is 26.3 Å². The molecule has 0 unspecified atom stereocenters. The summed E-state index contributed by atoms with van der Waals surface area (Å²) in [5, 5.41) is 0. The average molecular weight is 320 g/mol. The highest BCUT2D eigenvalue weighted by Gasteiger charge is 2.23. The van der Waals surface area contributed by atoms with Crippen LogP contribution in [0.1, 0.15) is 13.8 Å². The summed E-state index contributed by atoms with van der Waals surface area (Å²) in [5.74, 6) is 0.934. The lowest BCUT2D eigenvalue weighted by Gasteiger charge is -2.37. The first-order valence-corrected chi connectivity index (χ1v) is 8.14. The Hall–Kier alpha value is -2.02. The molecule has 1 amide bonds. The van der Waals surface area contributed by atoms with Gasteiger partial charge in [-0.25, -0.2) is 0 Å². The van der Waals surface area contributed by atoms with Gasteiger partial charge in [-0.3, -0.25) is 9.59 Å². The molecule has 0 spiro atoms. The van der Waals surface area contributed by atoms with Gasteiger partial charge in [0.2, 0.25) is 5.91 Å². The summed E-state index contributed by atoms with van der Waals surface area (Å²) >= 11 is 0. The lowest BCUT2D eigenvalue weighted by molar-refractivity contribution is -0.129. The van der Waals surface area contributed by atoms with Gasteiger partial charge in [-0.05, 0) is 6.92 Å². The molecule has 1 aromatic rings. The summed E-state index contributed by atoms with van der Waals surface area (Å²) in [6, 6.07) is 3.94. The van der Waals surface area contributed by atoms with Crippen LogP contribution in [0, 0.1) is 0 Å². The maximum Gasteiger partial charge on any atom is 0.251 e. The van der Waals surface area contributed by atoms with Crippen molar-refractivity contribution < 1.29 is 9.53 Å². The summed E-state index contributed by atoms with van der Waals surface area (Å²) in [6.07, 6.45) is 0. The topological polar surface area (TPSA) is 68.9 Å². The molecule has 1 aromatic heterocycles. The van der Waals surface area contributed by atoms with Crippen LogP contribution in [0.3, 0.4) is 0 Å². The standard InChI is InChI=1S/C16H24N4O3/c1-12-11-23-8-7-20(12)14-9-15(17-16(22)10-14)19-5-3-18(4-6-19)13(2)21/h9-10,12H,3-8,11H2,1-2H3,(H,17,22)/t12-/m1/s1. The number of nitrogens with zero attached hydrogens (tertiary/aromatic N) is 3. The lowest BCUT2D eigenvalue weighted by Crippen LogP contribution is -2.49. The fraction of sp³-hybridized carbons (Fsp3) is 0.625. The Kier molecular flexibility index (Phi) is 4.56. The first-order chi connectivity index (χ1) is 11.0. The van der Waals surface area contributed by atoms with Crippen LogP contribution in [-0.2, 0) is 9.53 Å². The third-order valence-electron chi connectivity index (χ3n) is 4.58. The summed E-state index contributed by atoms with van der Waals surface area (Å²) in [6.45, 7) is 8.70. The normalized spacial score (nSPS) is 22.3. The Balaban J connectivity index is 1.78. The number of aromatic nitrogens is 1. The second-order valence-corrected chi connectivity index (χ2v) is 6.20. The number of hydrogen-bond acceptors (Lipinski definition) is 5. The van der Waals surface area contributed by atoms with Crippen LogP contribution >= 0.6 is 0 Å². The Morgan fingerprint density at radius 1 is 1.22 bits per heavy atom. The fourth-order valence-electron chi connectivity index (χ4n) is 3.22. The Bertz CT molecular complexity index is 622. The fourth-order valence-corrected chi connectivity index (χ4v) is 3.22. The molecule has 0 aliphatic carbocycles. The predicted octanol–water partition coefficient (Wildman–Crippen LogP) is 0.269. The maximum absolute atomic E-state index is 12.1. The molecule has 1 N–H and O–H groups in total. The molecule has 2 saturated heterocycles. The minimum Gasteiger partial charge on any atom is -0.377 e. The van der Waals surface area contributed by atoms with Crippen LogP contribution in [0.5, 0.6) is 0 Å². The van der Waals surface area contributed by atoms with Crippen LogP contribution < -0.4 is 15.4 Å². The van der Waals surface area contributed by atoms with Gasteiger partial charge in [-0.15, -0.1) is 0 Å². The average Bonchev–Trinajstić information content (AvgIpc) is 2.55. The molecule has 0 radical (unpaired) electrons. The van der Waals surface area contributed by atoms with Gasteiger partial charge in [0.05, 0.1) is 13.2 Å². The molecule has 2 fully saturated rings. The number of carbonyl (C=O) groups is 1. The van der Waals surface area contributed by atoms with Gasteiger partial charge >= 0.3 is 0 Å². The van der Waals surface area contributed by atoms with Gasteiger partial charge in [0.25, 0.3) is 5.56 Å². The number of hydrogen-bond donors (Lipinski definition) is 1. The molecule has 0 saturated carbocycles. The number of aromatic amines is 1. The molecule has 2 aliphatic rings.